The zero-order valence-corrected chi connectivity index (χ0v) is 18.0. The molecule has 1 heterocycles. The van der Waals surface area contributed by atoms with Gasteiger partial charge in [0.25, 0.3) is 5.91 Å². The highest BCUT2D eigenvalue weighted by Crippen LogP contribution is 2.34. The van der Waals surface area contributed by atoms with Crippen LogP contribution in [0.3, 0.4) is 0 Å². The molecule has 8 heteroatoms. The summed E-state index contributed by atoms with van der Waals surface area (Å²) in [5, 5.41) is 9.41. The molecule has 0 unspecified atom stereocenters. The molecule has 1 N–H and O–H groups in total. The Bertz CT molecular complexity index is 946. The molecule has 30 heavy (non-hydrogen) atoms. The van der Waals surface area contributed by atoms with E-state index in [-0.39, 0.29) is 24.5 Å². The zero-order valence-electron chi connectivity index (χ0n) is 17.3. The normalized spacial score (nSPS) is 15.5. The second kappa shape index (κ2) is 9.63. The average Bonchev–Trinajstić information content (AvgIpc) is 3.20. The van der Waals surface area contributed by atoms with Crippen LogP contribution in [0.15, 0.2) is 53.6 Å². The van der Waals surface area contributed by atoms with Crippen LogP contribution >= 0.6 is 11.6 Å². The lowest BCUT2D eigenvalue weighted by atomic mass is 9.98. The Hall–Kier alpha value is -3.06. The molecule has 1 aliphatic rings. The number of carbonyl (C=O) groups is 2. The maximum absolute atomic E-state index is 13.1. The number of likely N-dealkylation sites (N-methyl/N-ethyl adjacent to an activating group) is 1. The molecule has 158 valence electrons. The first-order valence-electron chi connectivity index (χ1n) is 9.71. The number of carbonyl (C=O) groups excluding carboxylic acids is 2. The summed E-state index contributed by atoms with van der Waals surface area (Å²) in [6, 6.07) is 14.4. The number of halogens is 1. The molecule has 0 radical (unpaired) electrons. The van der Waals surface area contributed by atoms with E-state index in [0.29, 0.717) is 18.0 Å². The van der Waals surface area contributed by atoms with Gasteiger partial charge >= 0.3 is 6.03 Å². The van der Waals surface area contributed by atoms with Gasteiger partial charge in [0, 0.05) is 30.6 Å². The summed E-state index contributed by atoms with van der Waals surface area (Å²) >= 11 is 6.03. The van der Waals surface area contributed by atoms with Gasteiger partial charge in [-0.3, -0.25) is 4.79 Å². The number of nitrogens with zero attached hydrogens (tertiary/aromatic N) is 3. The van der Waals surface area contributed by atoms with Crippen LogP contribution < -0.4 is 10.1 Å². The molecule has 2 aromatic rings. The van der Waals surface area contributed by atoms with Gasteiger partial charge in [0.15, 0.2) is 0 Å². The highest BCUT2D eigenvalue weighted by atomic mass is 35.5. The maximum atomic E-state index is 13.1. The molecule has 0 saturated carbocycles. The Kier molecular flexibility index (Phi) is 6.95. The molecule has 0 fully saturated rings. The summed E-state index contributed by atoms with van der Waals surface area (Å²) in [5.74, 6) is 0.459. The first kappa shape index (κ1) is 21.6. The zero-order chi connectivity index (χ0) is 21.7. The number of benzene rings is 2. The quantitative estimate of drug-likeness (QED) is 0.762. The molecule has 0 spiro atoms. The fourth-order valence-corrected chi connectivity index (χ4v) is 3.42. The molecule has 0 aliphatic carbocycles. The van der Waals surface area contributed by atoms with Crippen LogP contribution in [0.25, 0.3) is 0 Å². The van der Waals surface area contributed by atoms with Crippen molar-refractivity contribution < 1.29 is 14.3 Å². The van der Waals surface area contributed by atoms with Crippen LogP contribution in [-0.4, -0.2) is 54.8 Å². The number of amides is 3. The average molecular weight is 429 g/mol. The smallest absolute Gasteiger partial charge is 0.317 e. The van der Waals surface area contributed by atoms with Crippen molar-refractivity contribution in [3.05, 3.63) is 64.7 Å². The molecule has 0 bridgehead atoms. The van der Waals surface area contributed by atoms with E-state index in [1.54, 1.807) is 26.3 Å². The third kappa shape index (κ3) is 4.91. The van der Waals surface area contributed by atoms with Crippen LogP contribution in [0.1, 0.15) is 30.5 Å². The molecular weight excluding hydrogens is 404 g/mol. The van der Waals surface area contributed by atoms with Crippen molar-refractivity contribution in [1.82, 2.24) is 15.2 Å². The molecule has 1 aliphatic heterocycles. The van der Waals surface area contributed by atoms with Gasteiger partial charge in [0.1, 0.15) is 12.3 Å². The van der Waals surface area contributed by atoms with Gasteiger partial charge in [-0.25, -0.2) is 9.80 Å². The lowest BCUT2D eigenvalue weighted by Gasteiger charge is -2.25. The van der Waals surface area contributed by atoms with Crippen LogP contribution in [0.2, 0.25) is 5.02 Å². The van der Waals surface area contributed by atoms with E-state index in [9.17, 15) is 9.59 Å². The highest BCUT2D eigenvalue weighted by Gasteiger charge is 2.34. The van der Waals surface area contributed by atoms with E-state index in [0.717, 1.165) is 22.6 Å². The SMILES string of the molecule is CCNC(=O)N(C)CC(=O)N1N=C(c2cccc(OC)c2)C[C@@H]1c1ccc(Cl)cc1. The first-order valence-corrected chi connectivity index (χ1v) is 10.1. The van der Waals surface area contributed by atoms with E-state index >= 15 is 0 Å². The lowest BCUT2D eigenvalue weighted by Crippen LogP contribution is -2.43. The summed E-state index contributed by atoms with van der Waals surface area (Å²) in [6.45, 7) is 2.24. The molecule has 0 saturated heterocycles. The predicted molar refractivity (Wildman–Crippen MR) is 117 cm³/mol. The monoisotopic (exact) mass is 428 g/mol. The van der Waals surface area contributed by atoms with Crippen LogP contribution in [0.5, 0.6) is 5.75 Å². The van der Waals surface area contributed by atoms with Gasteiger partial charge in [-0.15, -0.1) is 0 Å². The highest BCUT2D eigenvalue weighted by molar-refractivity contribution is 6.30. The molecule has 3 amide bonds. The second-order valence-electron chi connectivity index (χ2n) is 6.98. The van der Waals surface area contributed by atoms with Crippen molar-refractivity contribution in [2.24, 2.45) is 5.10 Å². The van der Waals surface area contributed by atoms with Crippen molar-refractivity contribution >= 4 is 29.3 Å². The minimum atomic E-state index is -0.301. The third-order valence-electron chi connectivity index (χ3n) is 4.87. The van der Waals surface area contributed by atoms with E-state index in [4.69, 9.17) is 16.3 Å². The molecule has 7 nitrogen and oxygen atoms in total. The molecule has 2 aromatic carbocycles. The summed E-state index contributed by atoms with van der Waals surface area (Å²) in [6.07, 6.45) is 0.547. The Morgan fingerprint density at radius 1 is 1.27 bits per heavy atom. The van der Waals surface area contributed by atoms with Crippen molar-refractivity contribution in [1.29, 1.82) is 0 Å². The number of rotatable bonds is 6. The second-order valence-corrected chi connectivity index (χ2v) is 7.42. The van der Waals surface area contributed by atoms with Gasteiger partial charge < -0.3 is 15.0 Å². The van der Waals surface area contributed by atoms with Crippen molar-refractivity contribution in [2.75, 3.05) is 27.2 Å². The Balaban J connectivity index is 1.89. The molecule has 0 aromatic heterocycles. The molecular formula is C22H25ClN4O3. The first-order chi connectivity index (χ1) is 14.4. The van der Waals surface area contributed by atoms with Gasteiger partial charge in [-0.1, -0.05) is 35.9 Å². The predicted octanol–water partition coefficient (Wildman–Crippen LogP) is 3.69. The summed E-state index contributed by atoms with van der Waals surface area (Å²) < 4.78 is 5.31. The largest absolute Gasteiger partial charge is 0.497 e. The topological polar surface area (TPSA) is 74.2 Å². The number of hydrogen-bond acceptors (Lipinski definition) is 4. The fraction of sp³-hybridized carbons (Fsp3) is 0.318. The van der Waals surface area contributed by atoms with Crippen LogP contribution in [-0.2, 0) is 4.79 Å². The summed E-state index contributed by atoms with van der Waals surface area (Å²) in [4.78, 5) is 26.4. The van der Waals surface area contributed by atoms with Crippen LogP contribution in [0, 0.1) is 0 Å². The fourth-order valence-electron chi connectivity index (χ4n) is 3.30. The minimum Gasteiger partial charge on any atom is -0.497 e. The van der Waals surface area contributed by atoms with E-state index < -0.39 is 0 Å². The lowest BCUT2D eigenvalue weighted by molar-refractivity contribution is -0.133. The number of nitrogens with one attached hydrogen (secondary N) is 1. The Morgan fingerprint density at radius 3 is 2.67 bits per heavy atom. The summed E-state index contributed by atoms with van der Waals surface area (Å²) in [5.41, 5.74) is 2.60. The van der Waals surface area contributed by atoms with Gasteiger partial charge in [-0.05, 0) is 36.8 Å². The van der Waals surface area contributed by atoms with Gasteiger partial charge in [0.2, 0.25) is 0 Å². The summed E-state index contributed by atoms with van der Waals surface area (Å²) in [7, 11) is 3.20. The minimum absolute atomic E-state index is 0.0786. The number of ether oxygens (including phenoxy) is 1. The number of hydrazone groups is 1. The Morgan fingerprint density at radius 2 is 2.00 bits per heavy atom. The maximum Gasteiger partial charge on any atom is 0.317 e. The third-order valence-corrected chi connectivity index (χ3v) is 5.12. The number of hydrogen-bond donors (Lipinski definition) is 1. The van der Waals surface area contributed by atoms with Crippen molar-refractivity contribution in [2.45, 2.75) is 19.4 Å². The molecule has 3 rings (SSSR count). The Labute approximate surface area is 181 Å². The van der Waals surface area contributed by atoms with Gasteiger partial charge in [0.05, 0.1) is 18.9 Å². The van der Waals surface area contributed by atoms with E-state index in [2.05, 4.69) is 10.4 Å². The van der Waals surface area contributed by atoms with Gasteiger partial charge in [-0.2, -0.15) is 5.10 Å². The van der Waals surface area contributed by atoms with Crippen LogP contribution in [0.4, 0.5) is 4.79 Å². The van der Waals surface area contributed by atoms with Crippen molar-refractivity contribution in [3.8, 4) is 5.75 Å². The molecule has 1 atom stereocenters. The van der Waals surface area contributed by atoms with E-state index in [1.807, 2.05) is 43.3 Å². The van der Waals surface area contributed by atoms with Crippen molar-refractivity contribution in [3.63, 3.8) is 0 Å². The number of urea groups is 1. The standard InChI is InChI=1S/C22H25ClN4O3/c1-4-24-22(29)26(2)14-21(28)27-20(15-8-10-17(23)11-9-15)13-19(25-27)16-6-5-7-18(12-16)30-3/h5-12,20H,4,13-14H2,1-3H3,(H,24,29)/t20-/m1/s1. The number of methoxy groups -OCH3 is 1. The van der Waals surface area contributed by atoms with E-state index in [1.165, 1.54) is 9.91 Å².